The van der Waals surface area contributed by atoms with E-state index in [9.17, 15) is 14.4 Å². The summed E-state index contributed by atoms with van der Waals surface area (Å²) < 4.78 is 16.5. The van der Waals surface area contributed by atoms with Crippen LogP contribution in [0.2, 0.25) is 0 Å². The van der Waals surface area contributed by atoms with Gasteiger partial charge in [0.25, 0.3) is 0 Å². The van der Waals surface area contributed by atoms with Crippen LogP contribution in [0.25, 0.3) is 0 Å². The largest absolute Gasteiger partial charge is 0.490 e. The van der Waals surface area contributed by atoms with E-state index in [1.807, 2.05) is 44.2 Å². The topological polar surface area (TPSA) is 90.9 Å². The van der Waals surface area contributed by atoms with Crippen LogP contribution in [-0.2, 0) is 25.7 Å². The fourth-order valence-electron chi connectivity index (χ4n) is 2.50. The van der Waals surface area contributed by atoms with Crippen LogP contribution in [0.5, 0.6) is 5.75 Å². The van der Waals surface area contributed by atoms with E-state index in [1.165, 1.54) is 6.92 Å². The number of nitrogens with one attached hydrogen (secondary N) is 1. The van der Waals surface area contributed by atoms with Crippen LogP contribution < -0.4 is 10.1 Å². The van der Waals surface area contributed by atoms with Crippen molar-refractivity contribution in [3.05, 3.63) is 77.8 Å². The summed E-state index contributed by atoms with van der Waals surface area (Å²) in [5, 5.41) is 2.65. The number of benzene rings is 2. The van der Waals surface area contributed by atoms with Crippen LogP contribution in [0, 0.1) is 0 Å². The van der Waals surface area contributed by atoms with Gasteiger partial charge in [0.15, 0.2) is 11.9 Å². The van der Waals surface area contributed by atoms with Crippen molar-refractivity contribution in [2.75, 3.05) is 19.8 Å². The van der Waals surface area contributed by atoms with Crippen molar-refractivity contribution in [3.8, 4) is 5.75 Å². The third-order valence-electron chi connectivity index (χ3n) is 4.20. The third-order valence-corrected chi connectivity index (χ3v) is 4.20. The normalized spacial score (nSPS) is 11.6. The Kier molecular flexibility index (Phi) is 10.0. The summed E-state index contributed by atoms with van der Waals surface area (Å²) in [6.45, 7) is 1.41. The van der Waals surface area contributed by atoms with E-state index in [1.54, 1.807) is 30.3 Å². The summed E-state index contributed by atoms with van der Waals surface area (Å²) in [6.07, 6.45) is 0.673. The summed E-state index contributed by atoms with van der Waals surface area (Å²) in [5.41, 5.74) is 1.32. The van der Waals surface area contributed by atoms with Crippen LogP contribution >= 0.6 is 0 Å². The van der Waals surface area contributed by atoms with E-state index in [0.717, 1.165) is 5.56 Å². The smallest absolute Gasteiger partial charge is 0.339 e. The molecule has 0 radical (unpaired) electrons. The average molecular weight is 423 g/mol. The molecule has 0 bridgehead atoms. The molecule has 2 rings (SSSR count). The molecule has 0 fully saturated rings. The molecule has 31 heavy (non-hydrogen) atoms. The minimum atomic E-state index is -1.11. The summed E-state index contributed by atoms with van der Waals surface area (Å²) >= 11 is 0. The van der Waals surface area contributed by atoms with Gasteiger partial charge in [0.05, 0.1) is 0 Å². The van der Waals surface area contributed by atoms with Gasteiger partial charge in [-0.2, -0.15) is 0 Å². The number of rotatable bonds is 12. The van der Waals surface area contributed by atoms with Crippen LogP contribution in [0.1, 0.15) is 22.8 Å². The van der Waals surface area contributed by atoms with E-state index < -0.39 is 12.1 Å². The van der Waals surface area contributed by atoms with Crippen molar-refractivity contribution in [2.24, 2.45) is 0 Å². The fraction of sp³-hybridized carbons (Fsp3) is 0.261. The maximum Gasteiger partial charge on any atom is 0.339 e. The van der Waals surface area contributed by atoms with Crippen LogP contribution in [0.3, 0.4) is 0 Å². The summed E-state index contributed by atoms with van der Waals surface area (Å²) in [5.74, 6) is 1.12. The van der Waals surface area contributed by atoms with Gasteiger partial charge in [-0.25, -0.2) is 4.79 Å². The number of hydrogen-bond acceptors (Lipinski definition) is 6. The first-order chi connectivity index (χ1) is 15.0. The lowest BCUT2D eigenvalue weighted by Crippen LogP contribution is -2.37. The Hall–Kier alpha value is -3.39. The number of esters is 1. The summed E-state index contributed by atoms with van der Waals surface area (Å²) in [7, 11) is 1.85. The first-order valence-corrected chi connectivity index (χ1v) is 9.93. The standard InChI is InChI=1S/C23H26BNO6/c1-17(26)19-9-5-10-20(13-19)29-15-21(30-16-22(27)25-12-6-11-24)23(28)31-14-18-7-3-2-4-8-18/h2-11,13,21H,12,14-16,24H2,1H3,(H,25,27)/b11-6+. The van der Waals surface area contributed by atoms with Gasteiger partial charge in [0.1, 0.15) is 33.4 Å². The molecule has 0 saturated heterocycles. The first kappa shape index (κ1) is 23.9. The average Bonchev–Trinajstić information content (AvgIpc) is 2.78. The Morgan fingerprint density at radius 3 is 2.58 bits per heavy atom. The molecule has 1 atom stereocenters. The number of ether oxygens (including phenoxy) is 3. The number of hydrogen-bond donors (Lipinski definition) is 1. The van der Waals surface area contributed by atoms with Crippen molar-refractivity contribution in [2.45, 2.75) is 19.6 Å². The van der Waals surface area contributed by atoms with Gasteiger partial charge < -0.3 is 19.5 Å². The monoisotopic (exact) mass is 423 g/mol. The summed E-state index contributed by atoms with van der Waals surface area (Å²) in [6, 6.07) is 15.8. The molecule has 1 N–H and O–H groups in total. The molecule has 1 amide bonds. The number of carbonyl (C=O) groups is 3. The maximum atomic E-state index is 12.6. The zero-order valence-electron chi connectivity index (χ0n) is 17.7. The van der Waals surface area contributed by atoms with Crippen molar-refractivity contribution >= 4 is 25.5 Å². The second kappa shape index (κ2) is 13.0. The molecule has 2 aromatic carbocycles. The zero-order valence-corrected chi connectivity index (χ0v) is 17.7. The third kappa shape index (κ3) is 8.88. The van der Waals surface area contributed by atoms with Crippen LogP contribution in [-0.4, -0.2) is 51.4 Å². The molecule has 162 valence electrons. The highest BCUT2D eigenvalue weighted by Crippen LogP contribution is 2.15. The number of carbonyl (C=O) groups excluding carboxylic acids is 3. The molecule has 8 heteroatoms. The molecule has 0 aliphatic carbocycles. The number of Topliss-reactive ketones (excluding diaryl/α,β-unsaturated/α-hetero) is 1. The molecule has 0 aliphatic rings. The predicted octanol–water partition coefficient (Wildman–Crippen LogP) is 1.66. The lowest BCUT2D eigenvalue weighted by molar-refractivity contribution is -0.161. The lowest BCUT2D eigenvalue weighted by atomic mass is 10.1. The van der Waals surface area contributed by atoms with E-state index >= 15 is 0 Å². The molecule has 2 aromatic rings. The zero-order chi connectivity index (χ0) is 22.5. The predicted molar refractivity (Wildman–Crippen MR) is 119 cm³/mol. The molecule has 0 spiro atoms. The minimum Gasteiger partial charge on any atom is -0.490 e. The maximum absolute atomic E-state index is 12.6. The first-order valence-electron chi connectivity index (χ1n) is 9.93. The van der Waals surface area contributed by atoms with Crippen LogP contribution in [0.15, 0.2) is 66.6 Å². The minimum absolute atomic E-state index is 0.0762. The Balaban J connectivity index is 1.98. The van der Waals surface area contributed by atoms with Gasteiger partial charge in [-0.15, -0.1) is 5.98 Å². The van der Waals surface area contributed by atoms with Gasteiger partial charge in [0.2, 0.25) is 5.91 Å². The van der Waals surface area contributed by atoms with Gasteiger partial charge in [-0.1, -0.05) is 48.5 Å². The van der Waals surface area contributed by atoms with Gasteiger partial charge in [-0.05, 0) is 24.6 Å². The van der Waals surface area contributed by atoms with Crippen molar-refractivity contribution < 1.29 is 28.6 Å². The SMILES string of the molecule is B/C=C/CNC(=O)COC(COc1cccc(C(C)=O)c1)C(=O)OCc1ccccc1. The van der Waals surface area contributed by atoms with E-state index in [2.05, 4.69) is 5.32 Å². The highest BCUT2D eigenvalue weighted by Gasteiger charge is 2.23. The highest BCUT2D eigenvalue weighted by molar-refractivity contribution is 6.17. The van der Waals surface area contributed by atoms with E-state index in [4.69, 9.17) is 14.2 Å². The highest BCUT2D eigenvalue weighted by atomic mass is 16.6. The molecule has 0 aliphatic heterocycles. The van der Waals surface area contributed by atoms with Crippen molar-refractivity contribution in [1.29, 1.82) is 0 Å². The second-order valence-corrected chi connectivity index (χ2v) is 6.66. The van der Waals surface area contributed by atoms with Crippen LogP contribution in [0.4, 0.5) is 0 Å². The summed E-state index contributed by atoms with van der Waals surface area (Å²) in [4.78, 5) is 36.0. The van der Waals surface area contributed by atoms with Crippen molar-refractivity contribution in [3.63, 3.8) is 0 Å². The Bertz CT molecular complexity index is 900. The van der Waals surface area contributed by atoms with E-state index in [0.29, 0.717) is 17.9 Å². The van der Waals surface area contributed by atoms with E-state index in [-0.39, 0.29) is 31.5 Å². The molecule has 7 nitrogen and oxygen atoms in total. The lowest BCUT2D eigenvalue weighted by Gasteiger charge is -2.18. The number of amides is 1. The fourth-order valence-corrected chi connectivity index (χ4v) is 2.50. The molecular formula is C23H26BNO6. The van der Waals surface area contributed by atoms with Crippen molar-refractivity contribution in [1.82, 2.24) is 5.32 Å². The Morgan fingerprint density at radius 2 is 1.87 bits per heavy atom. The number of ketones is 1. The quantitative estimate of drug-likeness (QED) is 0.317. The Labute approximate surface area is 182 Å². The molecule has 1 unspecified atom stereocenters. The van der Waals surface area contributed by atoms with Gasteiger partial charge >= 0.3 is 5.97 Å². The molecule has 0 heterocycles. The molecular weight excluding hydrogens is 397 g/mol. The Morgan fingerprint density at radius 1 is 1.10 bits per heavy atom. The molecule has 0 aromatic heterocycles. The van der Waals surface area contributed by atoms with Gasteiger partial charge in [0, 0.05) is 12.1 Å². The van der Waals surface area contributed by atoms with Gasteiger partial charge in [-0.3, -0.25) is 9.59 Å². The molecule has 0 saturated carbocycles. The second-order valence-electron chi connectivity index (χ2n) is 6.66.